The van der Waals surface area contributed by atoms with Crippen LogP contribution in [0.25, 0.3) is 10.4 Å². The number of ketones is 1. The van der Waals surface area contributed by atoms with Gasteiger partial charge in [0.25, 0.3) is 5.91 Å². The fourth-order valence-electron chi connectivity index (χ4n) is 5.65. The van der Waals surface area contributed by atoms with Gasteiger partial charge in [-0.15, -0.1) is 22.9 Å². The van der Waals surface area contributed by atoms with Crippen LogP contribution in [-0.2, 0) is 14.3 Å². The van der Waals surface area contributed by atoms with Crippen molar-refractivity contribution in [1.29, 1.82) is 0 Å². The molecule has 2 saturated heterocycles. The fourth-order valence-corrected chi connectivity index (χ4v) is 7.01. The molecule has 4 heterocycles. The summed E-state index contributed by atoms with van der Waals surface area (Å²) in [5.41, 5.74) is 1.91. The topological polar surface area (TPSA) is 101 Å². The molecule has 1 N–H and O–H groups in total. The summed E-state index contributed by atoms with van der Waals surface area (Å²) >= 11 is 7.88. The molecule has 2 aromatic heterocycles. The van der Waals surface area contributed by atoms with Gasteiger partial charge in [0.2, 0.25) is 0 Å². The summed E-state index contributed by atoms with van der Waals surface area (Å²) in [6.07, 6.45) is 7.59. The number of amides is 1. The summed E-state index contributed by atoms with van der Waals surface area (Å²) in [7, 11) is 0. The Hall–Kier alpha value is -2.20. The smallest absolute Gasteiger partial charge is 0.261 e. The molecule has 8 nitrogen and oxygen atoms in total. The highest BCUT2D eigenvalue weighted by molar-refractivity contribution is 7.17. The lowest BCUT2D eigenvalue weighted by Gasteiger charge is -2.42. The number of halogens is 1. The highest BCUT2D eigenvalue weighted by Gasteiger charge is 2.53. The van der Waals surface area contributed by atoms with E-state index in [1.165, 1.54) is 11.3 Å². The Kier molecular flexibility index (Phi) is 6.79. The van der Waals surface area contributed by atoms with Gasteiger partial charge >= 0.3 is 0 Å². The van der Waals surface area contributed by atoms with Crippen molar-refractivity contribution >= 4 is 40.9 Å². The maximum atomic E-state index is 13.1. The summed E-state index contributed by atoms with van der Waals surface area (Å²) in [5, 5.41) is 10.5. The van der Waals surface area contributed by atoms with Gasteiger partial charge in [-0.25, -0.2) is 0 Å². The van der Waals surface area contributed by atoms with Gasteiger partial charge in [0.15, 0.2) is 5.78 Å². The second-order valence-electron chi connectivity index (χ2n) is 9.30. The molecule has 2 unspecified atom stereocenters. The number of nitrogens with one attached hydrogen (secondary N) is 1. The van der Waals surface area contributed by atoms with Crippen LogP contribution in [0.1, 0.15) is 40.9 Å². The first-order valence-electron chi connectivity index (χ1n) is 11.7. The number of carbonyl (C=O) groups is 3. The number of ether oxygens (including phenoxy) is 1. The minimum atomic E-state index is -0.641. The number of alkyl halides is 1. The number of fused-ring (bicyclic) bond motifs is 1. The zero-order valence-electron chi connectivity index (χ0n) is 18.9. The van der Waals surface area contributed by atoms with Crippen LogP contribution in [0.2, 0.25) is 0 Å². The van der Waals surface area contributed by atoms with Crippen molar-refractivity contribution in [3.05, 3.63) is 35.0 Å². The van der Waals surface area contributed by atoms with Gasteiger partial charge in [-0.05, 0) is 37.5 Å². The van der Waals surface area contributed by atoms with Crippen LogP contribution >= 0.6 is 22.9 Å². The van der Waals surface area contributed by atoms with Crippen LogP contribution in [0, 0.1) is 12.8 Å². The lowest BCUT2D eigenvalue weighted by molar-refractivity contribution is -0.122. The van der Waals surface area contributed by atoms with E-state index in [-0.39, 0.29) is 47.8 Å². The Balaban J connectivity index is 1.33. The van der Waals surface area contributed by atoms with Gasteiger partial charge in [-0.1, -0.05) is 12.8 Å². The Bertz CT molecular complexity index is 1090. The van der Waals surface area contributed by atoms with Crippen LogP contribution in [0.4, 0.5) is 0 Å². The largest absolute Gasteiger partial charge is 0.367 e. The minimum absolute atomic E-state index is 0.00408. The number of aldehydes is 1. The molecule has 10 heteroatoms. The second kappa shape index (κ2) is 9.81. The van der Waals surface area contributed by atoms with Gasteiger partial charge < -0.3 is 14.8 Å². The molecule has 5 rings (SSSR count). The van der Waals surface area contributed by atoms with Gasteiger partial charge in [-0.2, -0.15) is 10.2 Å². The van der Waals surface area contributed by atoms with Gasteiger partial charge in [0.1, 0.15) is 12.9 Å². The predicted octanol–water partition coefficient (Wildman–Crippen LogP) is 2.63. The number of hydrogen-bond donors (Lipinski definition) is 1. The molecule has 6 atom stereocenters. The van der Waals surface area contributed by atoms with E-state index in [1.807, 2.05) is 13.0 Å². The van der Waals surface area contributed by atoms with Crippen molar-refractivity contribution in [2.45, 2.75) is 62.2 Å². The average molecular weight is 503 g/mol. The first kappa shape index (κ1) is 23.5. The number of carbonyl (C=O) groups excluding carboxylic acids is 3. The predicted molar refractivity (Wildman–Crippen MR) is 128 cm³/mol. The van der Waals surface area contributed by atoms with Crippen LogP contribution in [0.3, 0.4) is 0 Å². The normalized spacial score (nSPS) is 30.2. The molecule has 180 valence electrons. The lowest BCUT2D eigenvalue weighted by Crippen LogP contribution is -2.55. The average Bonchev–Trinajstić information content (AvgIpc) is 3.56. The van der Waals surface area contributed by atoms with Crippen molar-refractivity contribution in [3.63, 3.8) is 0 Å². The van der Waals surface area contributed by atoms with Gasteiger partial charge in [0, 0.05) is 28.9 Å². The number of thiophene rings is 1. The molecular weight excluding hydrogens is 476 g/mol. The number of likely N-dealkylation sites (tertiary alicyclic amines) is 1. The summed E-state index contributed by atoms with van der Waals surface area (Å²) in [6, 6.07) is 2.66. The van der Waals surface area contributed by atoms with Gasteiger partial charge in [-0.3, -0.25) is 14.5 Å². The van der Waals surface area contributed by atoms with E-state index in [0.29, 0.717) is 11.4 Å². The first-order valence-corrected chi connectivity index (χ1v) is 12.9. The standard InChI is InChI=1S/C24H27ClN4O4S/c1-13-8-26-27-9-15(13)20-6-7-21(34-20)24(32)28-17(11-30)14-4-2-3-5-18(14)29-10-16(25)23-22(29)19(31)12-33-23/h6-9,11,14,16-18,22-23H,2-5,10,12H2,1H3,(H,28,32)/t14?,16-,17?,18-,22+,23+/m0/s1. The third-order valence-electron chi connectivity index (χ3n) is 7.30. The molecule has 1 saturated carbocycles. The minimum Gasteiger partial charge on any atom is -0.367 e. The highest BCUT2D eigenvalue weighted by Crippen LogP contribution is 2.39. The van der Waals surface area contributed by atoms with Crippen LogP contribution in [-0.4, -0.2) is 75.8 Å². The van der Waals surface area contributed by atoms with Gasteiger partial charge in [0.05, 0.1) is 40.8 Å². The number of nitrogens with zero attached hydrogens (tertiary/aromatic N) is 3. The third-order valence-corrected chi connectivity index (χ3v) is 8.80. The number of rotatable bonds is 6. The maximum absolute atomic E-state index is 13.1. The molecule has 3 fully saturated rings. The van der Waals surface area contributed by atoms with E-state index in [1.54, 1.807) is 18.5 Å². The summed E-state index contributed by atoms with van der Waals surface area (Å²) < 4.78 is 5.64. The molecule has 0 radical (unpaired) electrons. The Morgan fingerprint density at radius 2 is 2.09 bits per heavy atom. The second-order valence-corrected chi connectivity index (χ2v) is 10.9. The van der Waals surface area contributed by atoms with Crippen molar-refractivity contribution in [2.24, 2.45) is 5.92 Å². The third kappa shape index (κ3) is 4.30. The zero-order valence-corrected chi connectivity index (χ0v) is 20.4. The van der Waals surface area contributed by atoms with E-state index in [4.69, 9.17) is 16.3 Å². The SMILES string of the molecule is Cc1cnncc1-c1ccc(C(=O)NC(C=O)C2CCCC[C@@H]2N2C[C@H](Cl)[C@H]3OCC(=O)[C@H]32)s1. The van der Waals surface area contributed by atoms with E-state index in [2.05, 4.69) is 20.4 Å². The lowest BCUT2D eigenvalue weighted by atomic mass is 9.78. The highest BCUT2D eigenvalue weighted by atomic mass is 35.5. The van der Waals surface area contributed by atoms with Crippen LogP contribution in [0.5, 0.6) is 0 Å². The first-order chi connectivity index (χ1) is 16.5. The summed E-state index contributed by atoms with van der Waals surface area (Å²) in [6.45, 7) is 2.59. The molecule has 2 aromatic rings. The van der Waals surface area contributed by atoms with E-state index < -0.39 is 6.04 Å². The van der Waals surface area contributed by atoms with Crippen LogP contribution in [0.15, 0.2) is 24.5 Å². The Labute approximate surface area is 207 Å². The number of hydrogen-bond acceptors (Lipinski definition) is 8. The molecule has 0 spiro atoms. The molecule has 3 aliphatic rings. The van der Waals surface area contributed by atoms with Crippen molar-refractivity contribution in [2.75, 3.05) is 13.2 Å². The number of aryl methyl sites for hydroxylation is 1. The number of Topliss-reactive ketones (excluding diaryl/α,β-unsaturated/α-hetero) is 1. The van der Waals surface area contributed by atoms with E-state index >= 15 is 0 Å². The van der Waals surface area contributed by atoms with Crippen molar-refractivity contribution in [1.82, 2.24) is 20.4 Å². The van der Waals surface area contributed by atoms with Crippen molar-refractivity contribution < 1.29 is 19.1 Å². The fraction of sp³-hybridized carbons (Fsp3) is 0.542. The van der Waals surface area contributed by atoms with E-state index in [0.717, 1.165) is 48.0 Å². The monoisotopic (exact) mass is 502 g/mol. The summed E-state index contributed by atoms with van der Waals surface area (Å²) in [5.74, 6) is -0.305. The molecule has 1 amide bonds. The molecule has 34 heavy (non-hydrogen) atoms. The van der Waals surface area contributed by atoms with E-state index in [9.17, 15) is 14.4 Å². The number of aromatic nitrogens is 2. The molecule has 1 aliphatic carbocycles. The Morgan fingerprint density at radius 1 is 1.29 bits per heavy atom. The van der Waals surface area contributed by atoms with Crippen LogP contribution < -0.4 is 5.32 Å². The Morgan fingerprint density at radius 3 is 2.88 bits per heavy atom. The molecule has 2 aliphatic heterocycles. The summed E-state index contributed by atoms with van der Waals surface area (Å²) in [4.78, 5) is 41.4. The maximum Gasteiger partial charge on any atom is 0.261 e. The zero-order chi connectivity index (χ0) is 23.8. The molecular formula is C24H27ClN4O4S. The quantitative estimate of drug-likeness (QED) is 0.478. The molecule has 0 aromatic carbocycles. The molecule has 0 bridgehead atoms. The van der Waals surface area contributed by atoms with Crippen molar-refractivity contribution in [3.8, 4) is 10.4 Å².